The van der Waals surface area contributed by atoms with Crippen molar-refractivity contribution in [1.82, 2.24) is 25.1 Å². The van der Waals surface area contributed by atoms with Crippen molar-refractivity contribution in [3.8, 4) is 11.3 Å². The SMILES string of the molecule is C=CCn1c(SCC(=O)Nc2nc(-c3ccccc3)c(C)s2)nnc1[C@@H](CC(C)C)NC(=O)c1ccc(Cl)cc1Cl. The number of hydrogen-bond donors (Lipinski definition) is 2. The molecule has 41 heavy (non-hydrogen) atoms. The molecule has 0 spiro atoms. The van der Waals surface area contributed by atoms with Gasteiger partial charge in [0.25, 0.3) is 5.91 Å². The topological polar surface area (TPSA) is 102 Å². The van der Waals surface area contributed by atoms with Gasteiger partial charge in [0, 0.05) is 22.0 Å². The summed E-state index contributed by atoms with van der Waals surface area (Å²) < 4.78 is 1.86. The highest BCUT2D eigenvalue weighted by atomic mass is 35.5. The van der Waals surface area contributed by atoms with Gasteiger partial charge in [-0.05, 0) is 37.5 Å². The average molecular weight is 630 g/mol. The number of halogens is 2. The second-order valence-electron chi connectivity index (χ2n) is 9.65. The third kappa shape index (κ3) is 7.97. The molecule has 0 aliphatic carbocycles. The number of aromatic nitrogens is 4. The molecule has 1 atom stereocenters. The smallest absolute Gasteiger partial charge is 0.253 e. The molecule has 0 aliphatic rings. The van der Waals surface area contributed by atoms with Gasteiger partial charge < -0.3 is 15.2 Å². The first-order valence-corrected chi connectivity index (χ1v) is 15.5. The van der Waals surface area contributed by atoms with Crippen molar-refractivity contribution in [2.24, 2.45) is 5.92 Å². The van der Waals surface area contributed by atoms with Crippen LogP contribution in [0.1, 0.15) is 47.4 Å². The maximum atomic E-state index is 13.1. The van der Waals surface area contributed by atoms with E-state index < -0.39 is 6.04 Å². The number of benzene rings is 2. The number of rotatable bonds is 12. The molecular formula is C29H30Cl2N6O2S2. The van der Waals surface area contributed by atoms with E-state index in [0.717, 1.165) is 16.1 Å². The van der Waals surface area contributed by atoms with Crippen LogP contribution in [0.15, 0.2) is 66.3 Å². The molecule has 12 heteroatoms. The van der Waals surface area contributed by atoms with Gasteiger partial charge in [-0.15, -0.1) is 28.1 Å². The highest BCUT2D eigenvalue weighted by Gasteiger charge is 2.25. The van der Waals surface area contributed by atoms with E-state index in [1.54, 1.807) is 18.2 Å². The quantitative estimate of drug-likeness (QED) is 0.125. The summed E-state index contributed by atoms with van der Waals surface area (Å²) in [5.74, 6) is 0.383. The number of nitrogens with zero attached hydrogens (tertiary/aromatic N) is 4. The summed E-state index contributed by atoms with van der Waals surface area (Å²) in [6, 6.07) is 14.2. The fourth-order valence-electron chi connectivity index (χ4n) is 4.17. The minimum atomic E-state index is -0.445. The van der Waals surface area contributed by atoms with Crippen molar-refractivity contribution < 1.29 is 9.59 Å². The number of hydrogen-bond acceptors (Lipinski definition) is 7. The summed E-state index contributed by atoms with van der Waals surface area (Å²) >= 11 is 15.0. The van der Waals surface area contributed by atoms with Gasteiger partial charge in [0.05, 0.1) is 28.1 Å². The summed E-state index contributed by atoms with van der Waals surface area (Å²) in [6.07, 6.45) is 2.34. The zero-order chi connectivity index (χ0) is 29.5. The van der Waals surface area contributed by atoms with Gasteiger partial charge in [-0.3, -0.25) is 9.59 Å². The summed E-state index contributed by atoms with van der Waals surface area (Å²) in [4.78, 5) is 31.6. The molecule has 4 rings (SSSR count). The lowest BCUT2D eigenvalue weighted by Gasteiger charge is -2.21. The second kappa shape index (κ2) is 14.1. The maximum Gasteiger partial charge on any atom is 0.253 e. The monoisotopic (exact) mass is 628 g/mol. The van der Waals surface area contributed by atoms with Crippen LogP contribution in [0.5, 0.6) is 0 Å². The van der Waals surface area contributed by atoms with Crippen LogP contribution in [0.3, 0.4) is 0 Å². The van der Waals surface area contributed by atoms with Crippen molar-refractivity contribution in [1.29, 1.82) is 0 Å². The van der Waals surface area contributed by atoms with E-state index in [1.165, 1.54) is 29.2 Å². The van der Waals surface area contributed by atoms with Crippen molar-refractivity contribution in [2.75, 3.05) is 11.1 Å². The first-order chi connectivity index (χ1) is 19.7. The van der Waals surface area contributed by atoms with E-state index in [2.05, 4.69) is 46.2 Å². The number of thiazole rings is 1. The van der Waals surface area contributed by atoms with E-state index in [4.69, 9.17) is 23.2 Å². The van der Waals surface area contributed by atoms with Crippen molar-refractivity contribution in [3.05, 3.63) is 87.5 Å². The van der Waals surface area contributed by atoms with E-state index in [9.17, 15) is 9.59 Å². The molecule has 2 aromatic heterocycles. The first kappa shape index (κ1) is 30.8. The van der Waals surface area contributed by atoms with Crippen LogP contribution in [0.2, 0.25) is 10.0 Å². The molecule has 2 heterocycles. The van der Waals surface area contributed by atoms with Gasteiger partial charge in [0.2, 0.25) is 5.91 Å². The lowest BCUT2D eigenvalue weighted by atomic mass is 10.0. The number of amides is 2. The molecule has 2 amide bonds. The number of carbonyl (C=O) groups excluding carboxylic acids is 2. The molecule has 0 bridgehead atoms. The molecule has 0 unspecified atom stereocenters. The molecule has 8 nitrogen and oxygen atoms in total. The first-order valence-electron chi connectivity index (χ1n) is 12.9. The summed E-state index contributed by atoms with van der Waals surface area (Å²) in [7, 11) is 0. The van der Waals surface area contributed by atoms with E-state index in [-0.39, 0.29) is 28.5 Å². The molecule has 0 saturated carbocycles. The van der Waals surface area contributed by atoms with Crippen LogP contribution in [0.25, 0.3) is 11.3 Å². The Morgan fingerprint density at radius 1 is 1.15 bits per heavy atom. The van der Waals surface area contributed by atoms with Crippen LogP contribution in [-0.4, -0.2) is 37.3 Å². The van der Waals surface area contributed by atoms with Gasteiger partial charge in [0.15, 0.2) is 16.1 Å². The molecule has 0 saturated heterocycles. The van der Waals surface area contributed by atoms with E-state index in [1.807, 2.05) is 41.8 Å². The summed E-state index contributed by atoms with van der Waals surface area (Å²) in [5.41, 5.74) is 2.17. The Balaban J connectivity index is 1.48. The fraction of sp³-hybridized carbons (Fsp3) is 0.276. The number of aryl methyl sites for hydroxylation is 1. The van der Waals surface area contributed by atoms with E-state index in [0.29, 0.717) is 39.7 Å². The van der Waals surface area contributed by atoms with Crippen molar-refractivity contribution >= 4 is 63.2 Å². The molecule has 2 N–H and O–H groups in total. The lowest BCUT2D eigenvalue weighted by Crippen LogP contribution is -2.32. The standard InChI is InChI=1S/C29H30Cl2N6O2S2/c1-5-13-37-26(23(14-17(2)3)32-27(39)21-12-11-20(30)15-22(21)31)35-36-29(37)40-16-24(38)33-28-34-25(18(4)41-28)19-9-7-6-8-10-19/h5-12,15,17,23H,1,13-14,16H2,2-4H3,(H,32,39)(H,33,34,38)/t23-/m1/s1. The zero-order valence-corrected chi connectivity index (χ0v) is 26.0. The minimum absolute atomic E-state index is 0.107. The van der Waals surface area contributed by atoms with Gasteiger partial charge in [0.1, 0.15) is 0 Å². The largest absolute Gasteiger partial charge is 0.342 e. The highest BCUT2D eigenvalue weighted by Crippen LogP contribution is 2.31. The second-order valence-corrected chi connectivity index (χ2v) is 12.6. The molecule has 0 radical (unpaired) electrons. The Kier molecular flexibility index (Phi) is 10.6. The highest BCUT2D eigenvalue weighted by molar-refractivity contribution is 7.99. The third-order valence-electron chi connectivity index (χ3n) is 5.98. The predicted octanol–water partition coefficient (Wildman–Crippen LogP) is 7.45. The average Bonchev–Trinajstić information content (AvgIpc) is 3.50. The molecule has 214 valence electrons. The minimum Gasteiger partial charge on any atom is -0.342 e. The Bertz CT molecular complexity index is 1540. The maximum absolute atomic E-state index is 13.1. The number of allylic oxidation sites excluding steroid dienone is 1. The Hall–Kier alpha value is -3.18. The van der Waals surface area contributed by atoms with Gasteiger partial charge >= 0.3 is 0 Å². The zero-order valence-electron chi connectivity index (χ0n) is 22.9. The van der Waals surface area contributed by atoms with E-state index >= 15 is 0 Å². The molecule has 0 fully saturated rings. The van der Waals surface area contributed by atoms with Crippen molar-refractivity contribution in [3.63, 3.8) is 0 Å². The van der Waals surface area contributed by atoms with Crippen LogP contribution in [-0.2, 0) is 11.3 Å². The number of nitrogens with one attached hydrogen (secondary N) is 2. The fourth-order valence-corrected chi connectivity index (χ4v) is 6.28. The van der Waals surface area contributed by atoms with Crippen LogP contribution >= 0.6 is 46.3 Å². The third-order valence-corrected chi connectivity index (χ3v) is 8.38. The van der Waals surface area contributed by atoms with Crippen LogP contribution in [0, 0.1) is 12.8 Å². The van der Waals surface area contributed by atoms with Gasteiger partial charge in [-0.1, -0.05) is 85.2 Å². The van der Waals surface area contributed by atoms with Crippen molar-refractivity contribution in [2.45, 2.75) is 44.9 Å². The van der Waals surface area contributed by atoms with Gasteiger partial charge in [-0.25, -0.2) is 4.98 Å². The van der Waals surface area contributed by atoms with Crippen LogP contribution < -0.4 is 10.6 Å². The Morgan fingerprint density at radius 2 is 1.90 bits per heavy atom. The molecule has 2 aromatic carbocycles. The number of anilines is 1. The summed E-state index contributed by atoms with van der Waals surface area (Å²) in [5, 5.41) is 16.5. The molecular weight excluding hydrogens is 599 g/mol. The number of carbonyl (C=O) groups is 2. The molecule has 0 aliphatic heterocycles. The number of thioether (sulfide) groups is 1. The Labute approximate surface area is 257 Å². The van der Waals surface area contributed by atoms with Crippen LogP contribution in [0.4, 0.5) is 5.13 Å². The predicted molar refractivity (Wildman–Crippen MR) is 168 cm³/mol. The van der Waals surface area contributed by atoms with Gasteiger partial charge in [-0.2, -0.15) is 0 Å². The Morgan fingerprint density at radius 3 is 2.59 bits per heavy atom. The normalized spacial score (nSPS) is 11.9. The lowest BCUT2D eigenvalue weighted by molar-refractivity contribution is -0.113. The molecule has 4 aromatic rings. The summed E-state index contributed by atoms with van der Waals surface area (Å²) in [6.45, 7) is 10.4.